The maximum absolute atomic E-state index is 12.5. The van der Waals surface area contributed by atoms with Gasteiger partial charge in [-0.25, -0.2) is 9.59 Å². The van der Waals surface area contributed by atoms with Crippen molar-refractivity contribution in [2.75, 3.05) is 19.7 Å². The summed E-state index contributed by atoms with van der Waals surface area (Å²) in [7, 11) is 0. The van der Waals surface area contributed by atoms with Crippen LogP contribution in [0.25, 0.3) is 0 Å². The molecular weight excluding hydrogens is 310 g/mol. The second-order valence-corrected chi connectivity index (χ2v) is 6.67. The van der Waals surface area contributed by atoms with Crippen LogP contribution in [-0.4, -0.2) is 59.4 Å². The molecule has 6 heteroatoms. The SMILES string of the molecule is C/C=C1/C=C(\C)[C@](C)(O)C(=O)OCC2=CCN3CC[C@@H](OC1=O)[C@H]23. The van der Waals surface area contributed by atoms with Crippen molar-refractivity contribution in [1.29, 1.82) is 0 Å². The predicted molar refractivity (Wildman–Crippen MR) is 87.0 cm³/mol. The molecule has 1 N–H and O–H groups in total. The van der Waals surface area contributed by atoms with Gasteiger partial charge in [-0.05, 0) is 44.4 Å². The van der Waals surface area contributed by atoms with Gasteiger partial charge in [0.05, 0.1) is 11.6 Å². The molecule has 130 valence electrons. The molecule has 0 aliphatic carbocycles. The maximum Gasteiger partial charge on any atom is 0.342 e. The molecule has 0 unspecified atom stereocenters. The maximum atomic E-state index is 12.5. The van der Waals surface area contributed by atoms with E-state index in [0.29, 0.717) is 11.1 Å². The first kappa shape index (κ1) is 16.9. The number of hydrogen-bond acceptors (Lipinski definition) is 6. The number of cyclic esters (lactones) is 1. The molecule has 0 bridgehead atoms. The van der Waals surface area contributed by atoms with Crippen molar-refractivity contribution < 1.29 is 24.2 Å². The zero-order valence-electron chi connectivity index (χ0n) is 14.2. The van der Waals surface area contributed by atoms with E-state index in [-0.39, 0.29) is 18.8 Å². The summed E-state index contributed by atoms with van der Waals surface area (Å²) in [6.07, 6.45) is 5.64. The number of esters is 2. The summed E-state index contributed by atoms with van der Waals surface area (Å²) in [5, 5.41) is 10.5. The van der Waals surface area contributed by atoms with Gasteiger partial charge in [-0.1, -0.05) is 12.2 Å². The van der Waals surface area contributed by atoms with E-state index in [9.17, 15) is 14.7 Å². The lowest BCUT2D eigenvalue weighted by Gasteiger charge is -2.27. The van der Waals surface area contributed by atoms with Crippen molar-refractivity contribution >= 4 is 11.9 Å². The lowest BCUT2D eigenvalue weighted by atomic mass is 9.94. The fourth-order valence-corrected chi connectivity index (χ4v) is 3.42. The molecule has 1 fully saturated rings. The third kappa shape index (κ3) is 2.80. The summed E-state index contributed by atoms with van der Waals surface area (Å²) < 4.78 is 11.1. The molecule has 0 aromatic heterocycles. The van der Waals surface area contributed by atoms with E-state index >= 15 is 0 Å². The van der Waals surface area contributed by atoms with Crippen LogP contribution in [0.4, 0.5) is 0 Å². The standard InChI is InChI=1S/C18H23NO5/c1-4-12-9-11(2)18(3,22)17(21)23-10-13-5-7-19-8-6-14(15(13)19)24-16(12)20/h4-5,9,14-15,22H,6-8,10H2,1-3H3/b11-9+,12-4-/t14-,15+,18+/m1/s1. The molecule has 0 radical (unpaired) electrons. The van der Waals surface area contributed by atoms with Crippen LogP contribution in [0.2, 0.25) is 0 Å². The van der Waals surface area contributed by atoms with E-state index in [1.165, 1.54) is 13.0 Å². The highest BCUT2D eigenvalue weighted by Crippen LogP contribution is 2.33. The van der Waals surface area contributed by atoms with Gasteiger partial charge in [0.2, 0.25) is 0 Å². The molecule has 0 saturated carbocycles. The first-order valence-corrected chi connectivity index (χ1v) is 8.23. The molecule has 3 atom stereocenters. The third-order valence-electron chi connectivity index (χ3n) is 5.13. The fraction of sp³-hybridized carbons (Fsp3) is 0.556. The van der Waals surface area contributed by atoms with Crippen molar-refractivity contribution in [2.45, 2.75) is 44.9 Å². The topological polar surface area (TPSA) is 76.1 Å². The Labute approximate surface area is 141 Å². The van der Waals surface area contributed by atoms with Crippen LogP contribution in [0.5, 0.6) is 0 Å². The van der Waals surface area contributed by atoms with Gasteiger partial charge in [0.25, 0.3) is 0 Å². The Morgan fingerprint density at radius 1 is 1.42 bits per heavy atom. The highest BCUT2D eigenvalue weighted by Gasteiger charge is 2.43. The van der Waals surface area contributed by atoms with Crippen LogP contribution in [0.3, 0.4) is 0 Å². The molecule has 3 aliphatic heterocycles. The number of hydrogen-bond donors (Lipinski definition) is 1. The van der Waals surface area contributed by atoms with Crippen LogP contribution < -0.4 is 0 Å². The Balaban J connectivity index is 1.98. The first-order valence-electron chi connectivity index (χ1n) is 8.23. The van der Waals surface area contributed by atoms with Crippen molar-refractivity contribution in [3.8, 4) is 0 Å². The van der Waals surface area contributed by atoms with E-state index in [0.717, 1.165) is 25.1 Å². The third-order valence-corrected chi connectivity index (χ3v) is 5.13. The Bertz CT molecular complexity index is 658. The van der Waals surface area contributed by atoms with Gasteiger partial charge in [-0.3, -0.25) is 4.90 Å². The normalized spacial score (nSPS) is 38.4. The van der Waals surface area contributed by atoms with E-state index in [4.69, 9.17) is 9.47 Å². The summed E-state index contributed by atoms with van der Waals surface area (Å²) in [5.74, 6) is -1.14. The van der Waals surface area contributed by atoms with Crippen molar-refractivity contribution in [3.05, 3.63) is 34.9 Å². The van der Waals surface area contributed by atoms with E-state index in [2.05, 4.69) is 4.90 Å². The number of aliphatic hydroxyl groups is 1. The van der Waals surface area contributed by atoms with Crippen molar-refractivity contribution in [2.24, 2.45) is 0 Å². The van der Waals surface area contributed by atoms with Gasteiger partial charge < -0.3 is 14.6 Å². The molecule has 0 amide bonds. The van der Waals surface area contributed by atoms with Gasteiger partial charge in [-0.2, -0.15) is 0 Å². The number of carbonyl (C=O) groups excluding carboxylic acids is 2. The van der Waals surface area contributed by atoms with Crippen LogP contribution in [0, 0.1) is 0 Å². The van der Waals surface area contributed by atoms with Gasteiger partial charge in [-0.15, -0.1) is 0 Å². The van der Waals surface area contributed by atoms with E-state index in [1.54, 1.807) is 19.9 Å². The highest BCUT2D eigenvalue weighted by molar-refractivity contribution is 5.93. The Morgan fingerprint density at radius 3 is 2.88 bits per heavy atom. The summed E-state index contributed by atoms with van der Waals surface area (Å²) in [6, 6.07) is -0.0469. The van der Waals surface area contributed by atoms with Crippen LogP contribution in [0.15, 0.2) is 34.9 Å². The monoisotopic (exact) mass is 333 g/mol. The molecule has 0 aromatic carbocycles. The number of nitrogens with zero attached hydrogens (tertiary/aromatic N) is 1. The average Bonchev–Trinajstić information content (AvgIpc) is 3.12. The minimum absolute atomic E-state index is 0.0469. The molecule has 3 heterocycles. The Kier molecular flexibility index (Phi) is 4.36. The van der Waals surface area contributed by atoms with Gasteiger partial charge in [0.1, 0.15) is 12.7 Å². The lowest BCUT2D eigenvalue weighted by molar-refractivity contribution is -0.159. The second kappa shape index (κ2) is 6.18. The zero-order valence-corrected chi connectivity index (χ0v) is 14.2. The summed E-state index contributed by atoms with van der Waals surface area (Å²) in [6.45, 7) is 6.40. The first-order chi connectivity index (χ1) is 11.3. The van der Waals surface area contributed by atoms with Crippen LogP contribution in [-0.2, 0) is 19.1 Å². The molecule has 24 heavy (non-hydrogen) atoms. The average molecular weight is 333 g/mol. The Morgan fingerprint density at radius 2 is 2.17 bits per heavy atom. The predicted octanol–water partition coefficient (Wildman–Crippen LogP) is 1.11. The van der Waals surface area contributed by atoms with Crippen LogP contribution >= 0.6 is 0 Å². The molecule has 0 spiro atoms. The van der Waals surface area contributed by atoms with Crippen LogP contribution in [0.1, 0.15) is 27.2 Å². The summed E-state index contributed by atoms with van der Waals surface area (Å²) in [5.41, 5.74) is -0.202. The summed E-state index contributed by atoms with van der Waals surface area (Å²) in [4.78, 5) is 27.0. The highest BCUT2D eigenvalue weighted by atomic mass is 16.6. The van der Waals surface area contributed by atoms with Gasteiger partial charge in [0.15, 0.2) is 5.60 Å². The largest absolute Gasteiger partial charge is 0.459 e. The van der Waals surface area contributed by atoms with Gasteiger partial charge in [0, 0.05) is 13.1 Å². The quantitative estimate of drug-likeness (QED) is 0.407. The smallest absolute Gasteiger partial charge is 0.342 e. The number of ether oxygens (including phenoxy) is 2. The number of rotatable bonds is 0. The minimum atomic E-state index is -1.79. The van der Waals surface area contributed by atoms with E-state index < -0.39 is 17.5 Å². The zero-order chi connectivity index (χ0) is 17.5. The lowest BCUT2D eigenvalue weighted by Crippen LogP contribution is -2.41. The second-order valence-electron chi connectivity index (χ2n) is 6.67. The van der Waals surface area contributed by atoms with Gasteiger partial charge >= 0.3 is 11.9 Å². The number of carbonyl (C=O) groups is 2. The molecule has 3 rings (SSSR count). The molecule has 6 nitrogen and oxygen atoms in total. The summed E-state index contributed by atoms with van der Waals surface area (Å²) >= 11 is 0. The fourth-order valence-electron chi connectivity index (χ4n) is 3.42. The minimum Gasteiger partial charge on any atom is -0.459 e. The molecule has 3 aliphatic rings. The molecule has 1 saturated heterocycles. The molecule has 0 aromatic rings. The molecular formula is C18H23NO5. The van der Waals surface area contributed by atoms with E-state index in [1.807, 2.05) is 6.08 Å². The Hall–Kier alpha value is -1.92. The van der Waals surface area contributed by atoms with Crippen molar-refractivity contribution in [3.63, 3.8) is 0 Å². The van der Waals surface area contributed by atoms with Crippen molar-refractivity contribution in [1.82, 2.24) is 4.90 Å². The number of allylic oxidation sites excluding steroid dienone is 1.